The summed E-state index contributed by atoms with van der Waals surface area (Å²) in [4.78, 5) is 34.5. The summed E-state index contributed by atoms with van der Waals surface area (Å²) in [6, 6.07) is 19.9. The van der Waals surface area contributed by atoms with Gasteiger partial charge in [-0.15, -0.1) is 0 Å². The molecule has 8 heteroatoms. The summed E-state index contributed by atoms with van der Waals surface area (Å²) in [5, 5.41) is 13.3. The molecule has 0 saturated carbocycles. The lowest BCUT2D eigenvalue weighted by Gasteiger charge is -2.19. The van der Waals surface area contributed by atoms with Crippen molar-refractivity contribution >= 4 is 17.6 Å². The first-order chi connectivity index (χ1) is 16.1. The van der Waals surface area contributed by atoms with Gasteiger partial charge in [-0.25, -0.2) is 0 Å². The minimum absolute atomic E-state index is 0.00609. The Kier molecular flexibility index (Phi) is 7.63. The highest BCUT2D eigenvalue weighted by Gasteiger charge is 2.15. The van der Waals surface area contributed by atoms with E-state index in [1.165, 1.54) is 24.3 Å². The number of hydrogen-bond acceptors (Lipinski definition) is 6. The molecule has 0 unspecified atom stereocenters. The van der Waals surface area contributed by atoms with E-state index in [0.717, 1.165) is 11.1 Å². The number of nitro benzene ring substituents is 1. The van der Waals surface area contributed by atoms with E-state index >= 15 is 0 Å². The van der Waals surface area contributed by atoms with Crippen molar-refractivity contribution in [1.29, 1.82) is 0 Å². The molecule has 0 aromatic heterocycles. The molecule has 0 heterocycles. The molecule has 176 valence electrons. The van der Waals surface area contributed by atoms with E-state index in [0.29, 0.717) is 17.1 Å². The van der Waals surface area contributed by atoms with Crippen molar-refractivity contribution in [3.05, 3.63) is 99.6 Å². The number of nitro groups is 1. The summed E-state index contributed by atoms with van der Waals surface area (Å²) in [5.41, 5.74) is 2.32. The van der Waals surface area contributed by atoms with Crippen LogP contribution in [-0.2, 0) is 21.6 Å². The van der Waals surface area contributed by atoms with Gasteiger partial charge in [0.15, 0.2) is 0 Å². The number of non-ortho nitro benzene ring substituents is 1. The molecule has 3 rings (SSSR count). The Balaban J connectivity index is 1.43. The van der Waals surface area contributed by atoms with Crippen LogP contribution in [0.15, 0.2) is 72.8 Å². The number of nitrogens with zero attached hydrogens (tertiary/aromatic N) is 1. The molecule has 0 aliphatic heterocycles. The van der Waals surface area contributed by atoms with Crippen LogP contribution in [0.25, 0.3) is 0 Å². The van der Waals surface area contributed by atoms with Crippen LogP contribution in [0.3, 0.4) is 0 Å². The van der Waals surface area contributed by atoms with Gasteiger partial charge in [-0.05, 0) is 52.9 Å². The zero-order valence-corrected chi connectivity index (χ0v) is 19.2. The zero-order chi connectivity index (χ0) is 24.7. The molecule has 3 aromatic carbocycles. The predicted octanol–water partition coefficient (Wildman–Crippen LogP) is 5.16. The second-order valence-electron chi connectivity index (χ2n) is 8.67. The number of hydrogen-bond donors (Lipinski definition) is 1. The van der Waals surface area contributed by atoms with E-state index in [4.69, 9.17) is 9.47 Å². The predicted molar refractivity (Wildman–Crippen MR) is 127 cm³/mol. The Morgan fingerprint density at radius 3 is 1.97 bits per heavy atom. The first-order valence-corrected chi connectivity index (χ1v) is 10.7. The Labute approximate surface area is 197 Å². The third-order valence-corrected chi connectivity index (χ3v) is 5.01. The van der Waals surface area contributed by atoms with E-state index in [-0.39, 0.29) is 30.2 Å². The Morgan fingerprint density at radius 1 is 0.882 bits per heavy atom. The minimum atomic E-state index is -0.550. The van der Waals surface area contributed by atoms with Crippen LogP contribution >= 0.6 is 0 Å². The maximum Gasteiger partial charge on any atom is 0.325 e. The number of carbonyl (C=O) groups is 2. The molecule has 0 bridgehead atoms. The SMILES string of the molecule is CC(C)(C)c1ccc(C(=O)NCC(=O)OCc2ccc(Oc3ccc([N+](=O)[O-])cc3)cc2)cc1. The van der Waals surface area contributed by atoms with Crippen molar-refractivity contribution in [2.75, 3.05) is 6.54 Å². The average molecular weight is 463 g/mol. The largest absolute Gasteiger partial charge is 0.460 e. The van der Waals surface area contributed by atoms with Gasteiger partial charge in [0.25, 0.3) is 11.6 Å². The van der Waals surface area contributed by atoms with Crippen LogP contribution in [0.4, 0.5) is 5.69 Å². The number of esters is 1. The smallest absolute Gasteiger partial charge is 0.325 e. The highest BCUT2D eigenvalue weighted by atomic mass is 16.6. The molecule has 3 aromatic rings. The number of ether oxygens (including phenoxy) is 2. The van der Waals surface area contributed by atoms with Crippen LogP contribution in [0.2, 0.25) is 0 Å². The molecule has 0 aliphatic rings. The number of rotatable bonds is 8. The van der Waals surface area contributed by atoms with Gasteiger partial charge in [0.2, 0.25) is 0 Å². The van der Waals surface area contributed by atoms with Gasteiger partial charge in [-0.2, -0.15) is 0 Å². The van der Waals surface area contributed by atoms with E-state index in [9.17, 15) is 19.7 Å². The second kappa shape index (κ2) is 10.6. The quantitative estimate of drug-likeness (QED) is 0.282. The van der Waals surface area contributed by atoms with E-state index in [1.54, 1.807) is 36.4 Å². The third kappa shape index (κ3) is 6.90. The molecular weight excluding hydrogens is 436 g/mol. The van der Waals surface area contributed by atoms with Crippen molar-refractivity contribution < 1.29 is 24.0 Å². The number of nitrogens with one attached hydrogen (secondary N) is 1. The van der Waals surface area contributed by atoms with Crippen molar-refractivity contribution in [2.45, 2.75) is 32.8 Å². The second-order valence-corrected chi connectivity index (χ2v) is 8.67. The van der Waals surface area contributed by atoms with Crippen molar-refractivity contribution in [3.8, 4) is 11.5 Å². The van der Waals surface area contributed by atoms with Crippen molar-refractivity contribution in [1.82, 2.24) is 5.32 Å². The molecule has 0 fully saturated rings. The molecule has 0 atom stereocenters. The molecule has 8 nitrogen and oxygen atoms in total. The van der Waals surface area contributed by atoms with Crippen LogP contribution in [0.1, 0.15) is 42.3 Å². The van der Waals surface area contributed by atoms with Crippen molar-refractivity contribution in [2.24, 2.45) is 0 Å². The fraction of sp³-hybridized carbons (Fsp3) is 0.231. The summed E-state index contributed by atoms with van der Waals surface area (Å²) in [7, 11) is 0. The topological polar surface area (TPSA) is 108 Å². The lowest BCUT2D eigenvalue weighted by Crippen LogP contribution is -2.30. The highest BCUT2D eigenvalue weighted by molar-refractivity contribution is 5.95. The summed E-state index contributed by atoms with van der Waals surface area (Å²) in [6.45, 7) is 6.10. The molecule has 1 amide bonds. The van der Waals surface area contributed by atoms with Crippen LogP contribution in [0.5, 0.6) is 11.5 Å². The van der Waals surface area contributed by atoms with E-state index in [2.05, 4.69) is 26.1 Å². The summed E-state index contributed by atoms with van der Waals surface area (Å²) in [6.07, 6.45) is 0. The van der Waals surface area contributed by atoms with Gasteiger partial charge < -0.3 is 14.8 Å². The Bertz CT molecular complexity index is 1150. The minimum Gasteiger partial charge on any atom is -0.460 e. The lowest BCUT2D eigenvalue weighted by molar-refractivity contribution is -0.384. The monoisotopic (exact) mass is 462 g/mol. The lowest BCUT2D eigenvalue weighted by atomic mass is 9.87. The molecule has 34 heavy (non-hydrogen) atoms. The molecule has 0 spiro atoms. The van der Waals surface area contributed by atoms with Crippen LogP contribution in [0, 0.1) is 10.1 Å². The maximum atomic E-state index is 12.3. The Morgan fingerprint density at radius 2 is 1.44 bits per heavy atom. The molecular formula is C26H26N2O6. The highest BCUT2D eigenvalue weighted by Crippen LogP contribution is 2.24. The summed E-state index contributed by atoms with van der Waals surface area (Å²) in [5.74, 6) is 0.110. The van der Waals surface area contributed by atoms with Gasteiger partial charge in [-0.1, -0.05) is 45.0 Å². The van der Waals surface area contributed by atoms with Gasteiger partial charge in [-0.3, -0.25) is 19.7 Å². The molecule has 0 aliphatic carbocycles. The summed E-state index contributed by atoms with van der Waals surface area (Å²) >= 11 is 0. The fourth-order valence-electron chi connectivity index (χ4n) is 3.02. The first-order valence-electron chi connectivity index (χ1n) is 10.7. The fourth-order valence-corrected chi connectivity index (χ4v) is 3.02. The summed E-state index contributed by atoms with van der Waals surface area (Å²) < 4.78 is 10.9. The average Bonchev–Trinajstić information content (AvgIpc) is 2.82. The normalized spacial score (nSPS) is 10.9. The van der Waals surface area contributed by atoms with Crippen LogP contribution < -0.4 is 10.1 Å². The van der Waals surface area contributed by atoms with Gasteiger partial charge in [0.05, 0.1) is 4.92 Å². The number of carbonyl (C=O) groups excluding carboxylic acids is 2. The van der Waals surface area contributed by atoms with E-state index in [1.807, 2.05) is 12.1 Å². The first kappa shape index (κ1) is 24.4. The van der Waals surface area contributed by atoms with E-state index < -0.39 is 10.9 Å². The standard InChI is InChI=1S/C26H26N2O6/c1-26(2,3)20-8-6-19(7-9-20)25(30)27-16-24(29)33-17-18-4-12-22(13-5-18)34-23-14-10-21(11-15-23)28(31)32/h4-15H,16-17H2,1-3H3,(H,27,30). The third-order valence-electron chi connectivity index (χ3n) is 5.01. The van der Waals surface area contributed by atoms with Crippen molar-refractivity contribution in [3.63, 3.8) is 0 Å². The van der Waals surface area contributed by atoms with Gasteiger partial charge in [0.1, 0.15) is 24.7 Å². The van der Waals surface area contributed by atoms with Crippen LogP contribution in [-0.4, -0.2) is 23.3 Å². The van der Waals surface area contributed by atoms with Gasteiger partial charge in [0, 0.05) is 17.7 Å². The maximum absolute atomic E-state index is 12.3. The zero-order valence-electron chi connectivity index (χ0n) is 19.2. The molecule has 0 saturated heterocycles. The number of amides is 1. The Hall–Kier alpha value is -4.20. The number of benzene rings is 3. The molecule has 1 N–H and O–H groups in total. The molecule has 0 radical (unpaired) electrons. The van der Waals surface area contributed by atoms with Gasteiger partial charge >= 0.3 is 5.97 Å².